The molecular formula is C16H21NO. The molecule has 1 saturated carbocycles. The molecule has 1 heterocycles. The van der Waals surface area contributed by atoms with E-state index in [-0.39, 0.29) is 5.41 Å². The van der Waals surface area contributed by atoms with Crippen LogP contribution in [0.25, 0.3) is 0 Å². The van der Waals surface area contributed by atoms with Crippen molar-refractivity contribution in [1.29, 1.82) is 0 Å². The molecule has 0 unspecified atom stereocenters. The Hall–Kier alpha value is -1.46. The average Bonchev–Trinajstić information content (AvgIpc) is 3.10. The number of ether oxygens (including phenoxy) is 1. The SMILES string of the molecule is C=CC1=C(C(=C)C#CC2(C)CC2)COCCN1C. The monoisotopic (exact) mass is 243 g/mol. The van der Waals surface area contributed by atoms with E-state index >= 15 is 0 Å². The summed E-state index contributed by atoms with van der Waals surface area (Å²) in [5.74, 6) is 6.53. The van der Waals surface area contributed by atoms with Gasteiger partial charge in [0.2, 0.25) is 0 Å². The van der Waals surface area contributed by atoms with Gasteiger partial charge in [-0.3, -0.25) is 0 Å². The highest BCUT2D eigenvalue weighted by Gasteiger charge is 2.35. The minimum Gasteiger partial charge on any atom is -0.375 e. The molecule has 2 nitrogen and oxygen atoms in total. The van der Waals surface area contributed by atoms with Crippen molar-refractivity contribution in [3.8, 4) is 11.8 Å². The van der Waals surface area contributed by atoms with Crippen LogP contribution in [0.15, 0.2) is 36.1 Å². The van der Waals surface area contributed by atoms with Crippen LogP contribution < -0.4 is 0 Å². The van der Waals surface area contributed by atoms with Gasteiger partial charge in [0.1, 0.15) is 0 Å². The summed E-state index contributed by atoms with van der Waals surface area (Å²) in [5, 5.41) is 0. The van der Waals surface area contributed by atoms with Crippen LogP contribution in [0.1, 0.15) is 19.8 Å². The molecule has 1 aliphatic heterocycles. The summed E-state index contributed by atoms with van der Waals surface area (Å²) in [6.45, 7) is 12.4. The third-order valence-electron chi connectivity index (χ3n) is 3.61. The zero-order chi connectivity index (χ0) is 13.2. The molecule has 0 N–H and O–H groups in total. The second-order valence-corrected chi connectivity index (χ2v) is 5.33. The van der Waals surface area contributed by atoms with Crippen LogP contribution in [0.2, 0.25) is 0 Å². The van der Waals surface area contributed by atoms with Gasteiger partial charge in [0.15, 0.2) is 0 Å². The Labute approximate surface area is 110 Å². The highest BCUT2D eigenvalue weighted by Crippen LogP contribution is 2.44. The lowest BCUT2D eigenvalue weighted by Crippen LogP contribution is -2.20. The quantitative estimate of drug-likeness (QED) is 0.691. The summed E-state index contributed by atoms with van der Waals surface area (Å²) < 4.78 is 5.60. The fraction of sp³-hybridized carbons (Fsp3) is 0.500. The van der Waals surface area contributed by atoms with Gasteiger partial charge in [-0.05, 0) is 25.8 Å². The number of likely N-dealkylation sites (N-methyl/N-ethyl adjacent to an activating group) is 1. The molecule has 0 atom stereocenters. The molecule has 96 valence electrons. The number of hydrogen-bond acceptors (Lipinski definition) is 2. The first-order valence-electron chi connectivity index (χ1n) is 6.43. The zero-order valence-electron chi connectivity index (χ0n) is 11.4. The fourth-order valence-corrected chi connectivity index (χ4v) is 1.94. The second kappa shape index (κ2) is 5.04. The molecule has 0 aromatic heterocycles. The van der Waals surface area contributed by atoms with Crippen molar-refractivity contribution in [3.63, 3.8) is 0 Å². The number of allylic oxidation sites excluding steroid dienone is 1. The molecule has 0 spiro atoms. The standard InChI is InChI=1S/C16H21NO/c1-5-15-14(12-18-11-10-17(15)4)13(2)6-7-16(3)8-9-16/h5H,1-2,8-12H2,3-4H3. The first-order chi connectivity index (χ1) is 8.56. The van der Waals surface area contributed by atoms with Crippen molar-refractivity contribution in [2.24, 2.45) is 5.41 Å². The van der Waals surface area contributed by atoms with E-state index in [2.05, 4.69) is 43.9 Å². The van der Waals surface area contributed by atoms with Crippen LogP contribution in [-0.4, -0.2) is 31.7 Å². The van der Waals surface area contributed by atoms with Crippen LogP contribution in [0, 0.1) is 17.3 Å². The predicted octanol–water partition coefficient (Wildman–Crippen LogP) is 2.75. The first-order valence-corrected chi connectivity index (χ1v) is 6.43. The van der Waals surface area contributed by atoms with Crippen molar-refractivity contribution in [2.75, 3.05) is 26.8 Å². The van der Waals surface area contributed by atoms with Crippen LogP contribution in [-0.2, 0) is 4.74 Å². The molecule has 0 aromatic rings. The van der Waals surface area contributed by atoms with Gasteiger partial charge in [0, 0.05) is 35.9 Å². The van der Waals surface area contributed by atoms with Crippen molar-refractivity contribution in [1.82, 2.24) is 4.90 Å². The van der Waals surface area contributed by atoms with Gasteiger partial charge in [-0.2, -0.15) is 0 Å². The Balaban J connectivity index is 2.23. The smallest absolute Gasteiger partial charge is 0.0750 e. The van der Waals surface area contributed by atoms with Crippen LogP contribution in [0.3, 0.4) is 0 Å². The molecule has 2 aliphatic rings. The topological polar surface area (TPSA) is 12.5 Å². The minimum atomic E-state index is 0.231. The normalized spacial score (nSPS) is 21.8. The fourth-order valence-electron chi connectivity index (χ4n) is 1.94. The van der Waals surface area contributed by atoms with Gasteiger partial charge in [-0.25, -0.2) is 0 Å². The second-order valence-electron chi connectivity index (χ2n) is 5.33. The van der Waals surface area contributed by atoms with Gasteiger partial charge < -0.3 is 9.64 Å². The molecule has 0 amide bonds. The maximum Gasteiger partial charge on any atom is 0.0750 e. The van der Waals surface area contributed by atoms with E-state index in [0.717, 1.165) is 30.0 Å². The predicted molar refractivity (Wildman–Crippen MR) is 74.9 cm³/mol. The van der Waals surface area contributed by atoms with Crippen molar-refractivity contribution < 1.29 is 4.74 Å². The molecule has 0 radical (unpaired) electrons. The minimum absolute atomic E-state index is 0.231. The van der Waals surface area contributed by atoms with E-state index in [1.54, 1.807) is 0 Å². The third kappa shape index (κ3) is 2.86. The molecule has 18 heavy (non-hydrogen) atoms. The molecule has 1 fully saturated rings. The third-order valence-corrected chi connectivity index (χ3v) is 3.61. The molecule has 0 bridgehead atoms. The van der Waals surface area contributed by atoms with E-state index in [9.17, 15) is 0 Å². The van der Waals surface area contributed by atoms with Crippen LogP contribution >= 0.6 is 0 Å². The van der Waals surface area contributed by atoms with E-state index < -0.39 is 0 Å². The molecule has 0 aromatic carbocycles. The molecule has 1 aliphatic carbocycles. The van der Waals surface area contributed by atoms with Gasteiger partial charge in [0.25, 0.3) is 0 Å². The first kappa shape index (κ1) is 13.0. The number of hydrogen-bond donors (Lipinski definition) is 0. The van der Waals surface area contributed by atoms with Crippen molar-refractivity contribution in [2.45, 2.75) is 19.8 Å². The Morgan fingerprint density at radius 2 is 2.22 bits per heavy atom. The molecule has 0 saturated heterocycles. The Kier molecular flexibility index (Phi) is 3.63. The zero-order valence-corrected chi connectivity index (χ0v) is 11.4. The summed E-state index contributed by atoms with van der Waals surface area (Å²) in [5.41, 5.74) is 3.26. The molecule has 2 rings (SSSR count). The maximum atomic E-state index is 5.60. The largest absolute Gasteiger partial charge is 0.375 e. The summed E-state index contributed by atoms with van der Waals surface area (Å²) in [6, 6.07) is 0. The Morgan fingerprint density at radius 1 is 1.50 bits per heavy atom. The lowest BCUT2D eigenvalue weighted by atomic mass is 10.0. The highest BCUT2D eigenvalue weighted by atomic mass is 16.5. The van der Waals surface area contributed by atoms with Crippen LogP contribution in [0.5, 0.6) is 0 Å². The lowest BCUT2D eigenvalue weighted by molar-refractivity contribution is 0.153. The van der Waals surface area contributed by atoms with Crippen molar-refractivity contribution in [3.05, 3.63) is 36.1 Å². The van der Waals surface area contributed by atoms with E-state index in [1.807, 2.05) is 6.08 Å². The molecule has 2 heteroatoms. The van der Waals surface area contributed by atoms with Crippen LogP contribution in [0.4, 0.5) is 0 Å². The van der Waals surface area contributed by atoms with E-state index in [1.165, 1.54) is 12.8 Å². The highest BCUT2D eigenvalue weighted by molar-refractivity contribution is 5.49. The molecular weight excluding hydrogens is 222 g/mol. The summed E-state index contributed by atoms with van der Waals surface area (Å²) >= 11 is 0. The Morgan fingerprint density at radius 3 is 2.83 bits per heavy atom. The lowest BCUT2D eigenvalue weighted by Gasteiger charge is -2.19. The van der Waals surface area contributed by atoms with Gasteiger partial charge in [-0.1, -0.05) is 25.0 Å². The maximum absolute atomic E-state index is 5.60. The van der Waals surface area contributed by atoms with Gasteiger partial charge >= 0.3 is 0 Å². The van der Waals surface area contributed by atoms with Gasteiger partial charge in [0.05, 0.1) is 13.2 Å². The summed E-state index contributed by atoms with van der Waals surface area (Å²) in [6.07, 6.45) is 4.28. The number of rotatable bonds is 2. The Bertz CT molecular complexity index is 457. The summed E-state index contributed by atoms with van der Waals surface area (Å²) in [4.78, 5) is 2.15. The average molecular weight is 243 g/mol. The van der Waals surface area contributed by atoms with Gasteiger partial charge in [-0.15, -0.1) is 0 Å². The summed E-state index contributed by atoms with van der Waals surface area (Å²) in [7, 11) is 2.05. The van der Waals surface area contributed by atoms with E-state index in [4.69, 9.17) is 4.74 Å². The van der Waals surface area contributed by atoms with E-state index in [0.29, 0.717) is 6.61 Å². The van der Waals surface area contributed by atoms with Crippen molar-refractivity contribution >= 4 is 0 Å². The number of nitrogens with zero attached hydrogens (tertiary/aromatic N) is 1.